The van der Waals surface area contributed by atoms with Crippen LogP contribution in [0, 0.1) is 5.41 Å². The summed E-state index contributed by atoms with van der Waals surface area (Å²) in [5, 5.41) is 21.1. The summed E-state index contributed by atoms with van der Waals surface area (Å²) in [4.78, 5) is 22.9. The van der Waals surface area contributed by atoms with Crippen molar-refractivity contribution in [3.8, 4) is 0 Å². The third kappa shape index (κ3) is 3.70. The van der Waals surface area contributed by atoms with Gasteiger partial charge in [-0.15, -0.1) is 0 Å². The number of aliphatic carboxylic acids is 1. The lowest BCUT2D eigenvalue weighted by Crippen LogP contribution is -2.38. The van der Waals surface area contributed by atoms with Gasteiger partial charge in [-0.25, -0.2) is 0 Å². The molecule has 1 amide bonds. The van der Waals surface area contributed by atoms with Gasteiger partial charge in [-0.3, -0.25) is 9.59 Å². The number of carboxylic acid groups (broad SMARTS) is 1. The third-order valence-corrected chi connectivity index (χ3v) is 3.52. The molecule has 0 aromatic rings. The van der Waals surface area contributed by atoms with Crippen LogP contribution < -0.4 is 5.32 Å². The lowest BCUT2D eigenvalue weighted by Gasteiger charge is -2.23. The highest BCUT2D eigenvalue weighted by molar-refractivity contribution is 5.85. The highest BCUT2D eigenvalue weighted by Crippen LogP contribution is 2.41. The molecule has 1 atom stereocenters. The Hall–Kier alpha value is -1.10. The van der Waals surface area contributed by atoms with E-state index in [1.165, 1.54) is 0 Å². The fourth-order valence-corrected chi connectivity index (χ4v) is 2.26. The standard InChI is InChI=1S/C12H21NO4/c1-2-9(14)8-13-10(15)7-12(11(16)17)5-3-4-6-12/h9,14H,2-8H2,1H3,(H,13,15)(H,16,17). The minimum Gasteiger partial charge on any atom is -0.481 e. The van der Waals surface area contributed by atoms with Gasteiger partial charge in [0, 0.05) is 13.0 Å². The molecule has 1 aliphatic rings. The van der Waals surface area contributed by atoms with Crippen molar-refractivity contribution in [2.24, 2.45) is 5.41 Å². The number of aliphatic hydroxyl groups is 1. The molecule has 0 aromatic carbocycles. The molecule has 1 saturated carbocycles. The quantitative estimate of drug-likeness (QED) is 0.647. The predicted molar refractivity (Wildman–Crippen MR) is 62.5 cm³/mol. The Morgan fingerprint density at radius 1 is 1.35 bits per heavy atom. The van der Waals surface area contributed by atoms with Crippen molar-refractivity contribution in [3.05, 3.63) is 0 Å². The molecule has 0 bridgehead atoms. The number of amides is 1. The van der Waals surface area contributed by atoms with Crippen LogP contribution in [0.3, 0.4) is 0 Å². The Balaban J connectivity index is 2.45. The van der Waals surface area contributed by atoms with E-state index in [0.717, 1.165) is 12.8 Å². The van der Waals surface area contributed by atoms with Gasteiger partial charge < -0.3 is 15.5 Å². The highest BCUT2D eigenvalue weighted by atomic mass is 16.4. The van der Waals surface area contributed by atoms with E-state index in [2.05, 4.69) is 5.32 Å². The zero-order valence-electron chi connectivity index (χ0n) is 10.2. The van der Waals surface area contributed by atoms with Crippen molar-refractivity contribution in [1.29, 1.82) is 0 Å². The Morgan fingerprint density at radius 3 is 2.41 bits per heavy atom. The average molecular weight is 243 g/mol. The second-order valence-electron chi connectivity index (χ2n) is 4.84. The van der Waals surface area contributed by atoms with Crippen molar-refractivity contribution in [2.45, 2.75) is 51.6 Å². The molecule has 0 spiro atoms. The molecule has 5 heteroatoms. The molecule has 1 aliphatic carbocycles. The third-order valence-electron chi connectivity index (χ3n) is 3.52. The topological polar surface area (TPSA) is 86.6 Å². The van der Waals surface area contributed by atoms with E-state index in [-0.39, 0.29) is 18.9 Å². The summed E-state index contributed by atoms with van der Waals surface area (Å²) in [5.41, 5.74) is -0.874. The number of carbonyl (C=O) groups excluding carboxylic acids is 1. The van der Waals surface area contributed by atoms with Crippen LogP contribution in [0.15, 0.2) is 0 Å². The van der Waals surface area contributed by atoms with Crippen molar-refractivity contribution in [1.82, 2.24) is 5.32 Å². The number of carbonyl (C=O) groups is 2. The first-order valence-corrected chi connectivity index (χ1v) is 6.18. The van der Waals surface area contributed by atoms with Gasteiger partial charge in [0.05, 0.1) is 11.5 Å². The summed E-state index contributed by atoms with van der Waals surface area (Å²) in [6, 6.07) is 0. The number of hydrogen-bond acceptors (Lipinski definition) is 3. The Bertz CT molecular complexity index is 284. The van der Waals surface area contributed by atoms with Gasteiger partial charge in [-0.05, 0) is 19.3 Å². The van der Waals surface area contributed by atoms with Gasteiger partial charge in [0.2, 0.25) is 5.91 Å². The molecule has 1 fully saturated rings. The first-order chi connectivity index (χ1) is 8.00. The molecular formula is C12H21NO4. The van der Waals surface area contributed by atoms with Gasteiger partial charge in [0.15, 0.2) is 0 Å². The van der Waals surface area contributed by atoms with Gasteiger partial charge >= 0.3 is 5.97 Å². The molecule has 0 heterocycles. The molecule has 5 nitrogen and oxygen atoms in total. The maximum absolute atomic E-state index is 11.6. The van der Waals surface area contributed by atoms with Crippen LogP contribution in [0.2, 0.25) is 0 Å². The van der Waals surface area contributed by atoms with Crippen molar-refractivity contribution >= 4 is 11.9 Å². The van der Waals surface area contributed by atoms with E-state index < -0.39 is 17.5 Å². The van der Waals surface area contributed by atoms with Crippen molar-refractivity contribution in [3.63, 3.8) is 0 Å². The van der Waals surface area contributed by atoms with Crippen LogP contribution in [-0.2, 0) is 9.59 Å². The minimum atomic E-state index is -0.874. The second-order valence-corrected chi connectivity index (χ2v) is 4.84. The Morgan fingerprint density at radius 2 is 1.94 bits per heavy atom. The zero-order chi connectivity index (χ0) is 12.9. The smallest absolute Gasteiger partial charge is 0.310 e. The van der Waals surface area contributed by atoms with E-state index in [1.54, 1.807) is 0 Å². The van der Waals surface area contributed by atoms with Crippen LogP contribution >= 0.6 is 0 Å². The van der Waals surface area contributed by atoms with E-state index in [0.29, 0.717) is 19.3 Å². The second kappa shape index (κ2) is 6.00. The van der Waals surface area contributed by atoms with Gasteiger partial charge in [-0.1, -0.05) is 19.8 Å². The number of aliphatic hydroxyl groups excluding tert-OH is 1. The first kappa shape index (κ1) is 14.0. The molecular weight excluding hydrogens is 222 g/mol. The number of carboxylic acids is 1. The lowest BCUT2D eigenvalue weighted by atomic mass is 9.82. The molecule has 3 N–H and O–H groups in total. The molecule has 17 heavy (non-hydrogen) atoms. The normalized spacial score (nSPS) is 19.9. The van der Waals surface area contributed by atoms with Crippen LogP contribution in [0.1, 0.15) is 45.4 Å². The Kier molecular flexibility index (Phi) is 4.93. The van der Waals surface area contributed by atoms with Crippen molar-refractivity contribution < 1.29 is 19.8 Å². The lowest BCUT2D eigenvalue weighted by molar-refractivity contribution is -0.151. The summed E-state index contributed by atoms with van der Waals surface area (Å²) >= 11 is 0. The summed E-state index contributed by atoms with van der Waals surface area (Å²) in [6.07, 6.45) is 2.94. The van der Waals surface area contributed by atoms with E-state index in [4.69, 9.17) is 0 Å². The molecule has 98 valence electrons. The minimum absolute atomic E-state index is 0.0266. The predicted octanol–water partition coefficient (Wildman–Crippen LogP) is 0.909. The van der Waals surface area contributed by atoms with E-state index in [1.807, 2.05) is 6.92 Å². The van der Waals surface area contributed by atoms with E-state index in [9.17, 15) is 19.8 Å². The first-order valence-electron chi connectivity index (χ1n) is 6.18. The number of rotatable bonds is 6. The molecule has 0 saturated heterocycles. The SMILES string of the molecule is CCC(O)CNC(=O)CC1(C(=O)O)CCCC1. The van der Waals surface area contributed by atoms with E-state index >= 15 is 0 Å². The number of hydrogen-bond donors (Lipinski definition) is 3. The average Bonchev–Trinajstić information content (AvgIpc) is 2.75. The molecule has 1 rings (SSSR count). The van der Waals surface area contributed by atoms with Crippen molar-refractivity contribution in [2.75, 3.05) is 6.54 Å². The molecule has 0 radical (unpaired) electrons. The van der Waals surface area contributed by atoms with Crippen LogP contribution in [-0.4, -0.2) is 34.7 Å². The molecule has 0 aromatic heterocycles. The summed E-state index contributed by atoms with van der Waals surface area (Å²) in [7, 11) is 0. The fraction of sp³-hybridized carbons (Fsp3) is 0.833. The maximum Gasteiger partial charge on any atom is 0.310 e. The zero-order valence-corrected chi connectivity index (χ0v) is 10.2. The van der Waals surface area contributed by atoms with Crippen LogP contribution in [0.4, 0.5) is 0 Å². The largest absolute Gasteiger partial charge is 0.481 e. The van der Waals surface area contributed by atoms with Gasteiger partial charge in [0.1, 0.15) is 0 Å². The van der Waals surface area contributed by atoms with Crippen LogP contribution in [0.25, 0.3) is 0 Å². The summed E-state index contributed by atoms with van der Waals surface area (Å²) < 4.78 is 0. The highest BCUT2D eigenvalue weighted by Gasteiger charge is 2.42. The monoisotopic (exact) mass is 243 g/mol. The fourth-order valence-electron chi connectivity index (χ4n) is 2.26. The van der Waals surface area contributed by atoms with Gasteiger partial charge in [-0.2, -0.15) is 0 Å². The number of nitrogens with one attached hydrogen (secondary N) is 1. The van der Waals surface area contributed by atoms with Crippen LogP contribution in [0.5, 0.6) is 0 Å². The summed E-state index contributed by atoms with van der Waals surface area (Å²) in [6.45, 7) is 2.03. The summed E-state index contributed by atoms with van der Waals surface area (Å²) in [5.74, 6) is -1.15. The maximum atomic E-state index is 11.6. The van der Waals surface area contributed by atoms with Gasteiger partial charge in [0.25, 0.3) is 0 Å². The molecule has 0 aliphatic heterocycles. The Labute approximate surface area is 101 Å². The molecule has 1 unspecified atom stereocenters.